The van der Waals surface area contributed by atoms with E-state index in [4.69, 9.17) is 14.9 Å². The standard InChI is InChI=1S/C18H32O7/c1-2-3-4-5-6-7-8-9-10-11-12-25-16(21)14-18(24,17(22)23)13-15(19)20/h24H,2-14H2,1H3,(H,19,20)(H,22,23)/t18-/m0/s1. The second-order valence-electron chi connectivity index (χ2n) is 6.49. The summed E-state index contributed by atoms with van der Waals surface area (Å²) in [6.45, 7) is 2.35. The van der Waals surface area contributed by atoms with Crippen molar-refractivity contribution >= 4 is 17.9 Å². The first-order chi connectivity index (χ1) is 11.8. The van der Waals surface area contributed by atoms with Crippen molar-refractivity contribution in [2.24, 2.45) is 0 Å². The summed E-state index contributed by atoms with van der Waals surface area (Å²) in [6.07, 6.45) is 9.49. The average Bonchev–Trinajstić information content (AvgIpc) is 2.51. The SMILES string of the molecule is CCCCCCCCCCCCOC(=O)C[C@@](O)(CC(=O)O)C(=O)O. The number of carbonyl (C=O) groups excluding carboxylic acids is 1. The zero-order valence-electron chi connectivity index (χ0n) is 15.2. The third-order valence-electron chi connectivity index (χ3n) is 4.04. The molecule has 0 aliphatic rings. The molecule has 0 rings (SSSR count). The molecular formula is C18H32O7. The maximum absolute atomic E-state index is 11.6. The van der Waals surface area contributed by atoms with Crippen LogP contribution in [-0.4, -0.2) is 45.4 Å². The van der Waals surface area contributed by atoms with Crippen LogP contribution in [0.3, 0.4) is 0 Å². The molecule has 0 fully saturated rings. The number of hydrogen-bond acceptors (Lipinski definition) is 5. The lowest BCUT2D eigenvalue weighted by Gasteiger charge is -2.20. The predicted octanol–water partition coefficient (Wildman–Crippen LogP) is 3.13. The Labute approximate surface area is 149 Å². The Balaban J connectivity index is 3.72. The summed E-state index contributed by atoms with van der Waals surface area (Å²) >= 11 is 0. The van der Waals surface area contributed by atoms with Gasteiger partial charge in [0, 0.05) is 0 Å². The lowest BCUT2D eigenvalue weighted by Crippen LogP contribution is -2.43. The van der Waals surface area contributed by atoms with Gasteiger partial charge in [-0.05, 0) is 6.42 Å². The van der Waals surface area contributed by atoms with Crippen molar-refractivity contribution in [3.8, 4) is 0 Å². The fourth-order valence-corrected chi connectivity index (χ4v) is 2.53. The Bertz CT molecular complexity index is 408. The maximum Gasteiger partial charge on any atom is 0.336 e. The van der Waals surface area contributed by atoms with E-state index in [1.54, 1.807) is 0 Å². The molecule has 146 valence electrons. The molecule has 7 heteroatoms. The van der Waals surface area contributed by atoms with E-state index in [0.717, 1.165) is 19.3 Å². The molecule has 0 saturated carbocycles. The van der Waals surface area contributed by atoms with Gasteiger partial charge >= 0.3 is 17.9 Å². The van der Waals surface area contributed by atoms with Gasteiger partial charge in [-0.2, -0.15) is 0 Å². The molecule has 0 spiro atoms. The number of carboxylic acids is 2. The van der Waals surface area contributed by atoms with E-state index in [0.29, 0.717) is 6.42 Å². The number of carboxylic acid groups (broad SMARTS) is 2. The van der Waals surface area contributed by atoms with Crippen LogP contribution in [0.1, 0.15) is 84.0 Å². The minimum absolute atomic E-state index is 0.151. The molecule has 0 aromatic rings. The Morgan fingerprint density at radius 1 is 0.800 bits per heavy atom. The van der Waals surface area contributed by atoms with Crippen molar-refractivity contribution in [3.63, 3.8) is 0 Å². The molecule has 0 heterocycles. The molecule has 0 amide bonds. The number of hydrogen-bond donors (Lipinski definition) is 3. The molecule has 0 aromatic carbocycles. The number of ether oxygens (including phenoxy) is 1. The van der Waals surface area contributed by atoms with Crippen LogP contribution in [-0.2, 0) is 19.1 Å². The van der Waals surface area contributed by atoms with E-state index in [1.165, 1.54) is 38.5 Å². The van der Waals surface area contributed by atoms with Gasteiger partial charge in [-0.15, -0.1) is 0 Å². The third-order valence-corrected chi connectivity index (χ3v) is 4.04. The highest BCUT2D eigenvalue weighted by Gasteiger charge is 2.41. The van der Waals surface area contributed by atoms with E-state index in [-0.39, 0.29) is 6.61 Å². The Kier molecular flexibility index (Phi) is 12.7. The molecule has 0 bridgehead atoms. The van der Waals surface area contributed by atoms with Gasteiger partial charge in [0.25, 0.3) is 0 Å². The van der Waals surface area contributed by atoms with E-state index >= 15 is 0 Å². The Morgan fingerprint density at radius 2 is 1.28 bits per heavy atom. The summed E-state index contributed by atoms with van der Waals surface area (Å²) in [4.78, 5) is 33.1. The second-order valence-corrected chi connectivity index (χ2v) is 6.49. The molecule has 0 aliphatic heterocycles. The van der Waals surface area contributed by atoms with Crippen molar-refractivity contribution in [2.75, 3.05) is 6.61 Å². The highest BCUT2D eigenvalue weighted by atomic mass is 16.5. The van der Waals surface area contributed by atoms with E-state index in [9.17, 15) is 19.5 Å². The van der Waals surface area contributed by atoms with Crippen LogP contribution in [0.15, 0.2) is 0 Å². The second kappa shape index (κ2) is 13.6. The normalized spacial score (nSPS) is 13.2. The van der Waals surface area contributed by atoms with Crippen LogP contribution in [0.4, 0.5) is 0 Å². The van der Waals surface area contributed by atoms with Crippen LogP contribution in [0, 0.1) is 0 Å². The molecule has 1 atom stereocenters. The summed E-state index contributed by atoms with van der Waals surface area (Å²) < 4.78 is 4.89. The zero-order chi connectivity index (χ0) is 19.1. The largest absolute Gasteiger partial charge is 0.481 e. The summed E-state index contributed by atoms with van der Waals surface area (Å²) in [6, 6.07) is 0. The number of aliphatic carboxylic acids is 2. The maximum atomic E-state index is 11.6. The van der Waals surface area contributed by atoms with Crippen LogP contribution < -0.4 is 0 Å². The first-order valence-corrected chi connectivity index (χ1v) is 9.15. The van der Waals surface area contributed by atoms with Crippen molar-refractivity contribution < 1.29 is 34.4 Å². The van der Waals surface area contributed by atoms with Gasteiger partial charge < -0.3 is 20.1 Å². The molecule has 0 unspecified atom stereocenters. The summed E-state index contributed by atoms with van der Waals surface area (Å²) in [5.74, 6) is -4.14. The van der Waals surface area contributed by atoms with E-state index < -0.39 is 36.4 Å². The fraction of sp³-hybridized carbons (Fsp3) is 0.833. The van der Waals surface area contributed by atoms with Crippen molar-refractivity contribution in [1.82, 2.24) is 0 Å². The molecule has 0 aromatic heterocycles. The molecule has 0 aliphatic carbocycles. The first-order valence-electron chi connectivity index (χ1n) is 9.15. The van der Waals surface area contributed by atoms with Gasteiger partial charge in [0.15, 0.2) is 5.60 Å². The highest BCUT2D eigenvalue weighted by molar-refractivity contribution is 5.88. The molecule has 0 saturated heterocycles. The zero-order valence-corrected chi connectivity index (χ0v) is 15.2. The predicted molar refractivity (Wildman–Crippen MR) is 92.3 cm³/mol. The summed E-state index contributed by atoms with van der Waals surface area (Å²) in [5.41, 5.74) is -2.62. The lowest BCUT2D eigenvalue weighted by atomic mass is 9.96. The quantitative estimate of drug-likeness (QED) is 0.285. The highest BCUT2D eigenvalue weighted by Crippen LogP contribution is 2.17. The Hall–Kier alpha value is -1.63. The molecule has 0 radical (unpaired) electrons. The van der Waals surface area contributed by atoms with Crippen molar-refractivity contribution in [3.05, 3.63) is 0 Å². The number of rotatable bonds is 16. The van der Waals surface area contributed by atoms with Crippen LogP contribution >= 0.6 is 0 Å². The van der Waals surface area contributed by atoms with Gasteiger partial charge in [0.05, 0.1) is 19.4 Å². The van der Waals surface area contributed by atoms with E-state index in [2.05, 4.69) is 6.92 Å². The fourth-order valence-electron chi connectivity index (χ4n) is 2.53. The lowest BCUT2D eigenvalue weighted by molar-refractivity contribution is -0.172. The Morgan fingerprint density at radius 3 is 1.72 bits per heavy atom. The molecular weight excluding hydrogens is 328 g/mol. The minimum Gasteiger partial charge on any atom is -0.481 e. The van der Waals surface area contributed by atoms with Gasteiger partial charge in [-0.3, -0.25) is 9.59 Å². The van der Waals surface area contributed by atoms with Crippen molar-refractivity contribution in [2.45, 2.75) is 89.6 Å². The summed E-state index contributed by atoms with van der Waals surface area (Å²) in [7, 11) is 0. The van der Waals surface area contributed by atoms with Crippen molar-refractivity contribution in [1.29, 1.82) is 0 Å². The monoisotopic (exact) mass is 360 g/mol. The topological polar surface area (TPSA) is 121 Å². The number of carbonyl (C=O) groups is 3. The van der Waals surface area contributed by atoms with Crippen LogP contribution in [0.25, 0.3) is 0 Å². The molecule has 3 N–H and O–H groups in total. The average molecular weight is 360 g/mol. The number of aliphatic hydroxyl groups is 1. The third kappa shape index (κ3) is 12.4. The van der Waals surface area contributed by atoms with Gasteiger partial charge in [-0.1, -0.05) is 64.7 Å². The van der Waals surface area contributed by atoms with E-state index in [1.807, 2.05) is 0 Å². The first kappa shape index (κ1) is 23.4. The minimum atomic E-state index is -2.62. The van der Waals surface area contributed by atoms with Gasteiger partial charge in [0.1, 0.15) is 0 Å². The number of unbranched alkanes of at least 4 members (excludes halogenated alkanes) is 9. The summed E-state index contributed by atoms with van der Waals surface area (Å²) in [5, 5.41) is 27.2. The van der Waals surface area contributed by atoms with Crippen LogP contribution in [0.5, 0.6) is 0 Å². The smallest absolute Gasteiger partial charge is 0.336 e. The van der Waals surface area contributed by atoms with Gasteiger partial charge in [-0.25, -0.2) is 4.79 Å². The van der Waals surface area contributed by atoms with Crippen LogP contribution in [0.2, 0.25) is 0 Å². The molecule has 7 nitrogen and oxygen atoms in total. The number of esters is 1. The molecule has 25 heavy (non-hydrogen) atoms. The van der Waals surface area contributed by atoms with Gasteiger partial charge in [0.2, 0.25) is 0 Å².